The third-order valence-electron chi connectivity index (χ3n) is 1.11. The Labute approximate surface area is 54.9 Å². The van der Waals surface area contributed by atoms with Gasteiger partial charge in [0.25, 0.3) is 0 Å². The van der Waals surface area contributed by atoms with Gasteiger partial charge in [-0.15, -0.1) is 0 Å². The van der Waals surface area contributed by atoms with E-state index in [-0.39, 0.29) is 6.61 Å². The van der Waals surface area contributed by atoms with Gasteiger partial charge < -0.3 is 9.29 Å². The Kier molecular flexibility index (Phi) is 1.82. The lowest BCUT2D eigenvalue weighted by Gasteiger charge is -1.93. The third-order valence-corrected chi connectivity index (χ3v) is 2.24. The highest BCUT2D eigenvalue weighted by molar-refractivity contribution is 7.81. The molecule has 0 aromatic carbocycles. The predicted octanol–water partition coefficient (Wildman–Crippen LogP) is 0.0131. The molecular formula is C4H7NO3S. The fraction of sp³-hybridized carbons (Fsp3) is 0.750. The molecule has 0 spiro atoms. The largest absolute Gasteiger partial charge is 0.481 e. The second-order valence-corrected chi connectivity index (χ2v) is 3.09. The molecule has 0 saturated carbocycles. The highest BCUT2D eigenvalue weighted by atomic mass is 32.2. The van der Waals surface area contributed by atoms with Gasteiger partial charge in [0.2, 0.25) is 0 Å². The van der Waals surface area contributed by atoms with Crippen LogP contribution in [-0.4, -0.2) is 23.4 Å². The van der Waals surface area contributed by atoms with Crippen LogP contribution in [0.1, 0.15) is 0 Å². The molecule has 5 heteroatoms. The first-order valence-electron chi connectivity index (χ1n) is 2.48. The minimum atomic E-state index is -0.854. The van der Waals surface area contributed by atoms with Crippen LogP contribution in [0.3, 0.4) is 0 Å². The Balaban J connectivity index is 2.48. The Morgan fingerprint density at radius 1 is 1.89 bits per heavy atom. The van der Waals surface area contributed by atoms with Crippen molar-refractivity contribution in [3.63, 3.8) is 0 Å². The molecule has 4 nitrogen and oxygen atoms in total. The van der Waals surface area contributed by atoms with Gasteiger partial charge in [-0.25, -0.2) is 0 Å². The number of hydrogen-bond acceptors (Lipinski definition) is 3. The van der Waals surface area contributed by atoms with Crippen molar-refractivity contribution < 1.29 is 14.1 Å². The van der Waals surface area contributed by atoms with Crippen molar-refractivity contribution in [2.75, 3.05) is 12.4 Å². The van der Waals surface area contributed by atoms with Crippen LogP contribution in [0.2, 0.25) is 0 Å². The maximum Gasteiger partial charge on any atom is 0.309 e. The zero-order valence-electron chi connectivity index (χ0n) is 4.66. The SMILES string of the molecule is N=S1CC(C(=O)O)CO1. The molecule has 1 fully saturated rings. The second kappa shape index (κ2) is 2.45. The van der Waals surface area contributed by atoms with E-state index in [1.54, 1.807) is 0 Å². The van der Waals surface area contributed by atoms with Crippen molar-refractivity contribution in [2.24, 2.45) is 5.92 Å². The molecule has 0 radical (unpaired) electrons. The van der Waals surface area contributed by atoms with E-state index in [4.69, 9.17) is 14.1 Å². The first kappa shape index (κ1) is 6.70. The maximum absolute atomic E-state index is 10.2. The summed E-state index contributed by atoms with van der Waals surface area (Å²) >= 11 is 0. The van der Waals surface area contributed by atoms with Crippen molar-refractivity contribution in [2.45, 2.75) is 0 Å². The summed E-state index contributed by atoms with van der Waals surface area (Å²) in [6.07, 6.45) is 0. The van der Waals surface area contributed by atoms with Crippen molar-refractivity contribution in [1.29, 1.82) is 4.78 Å². The van der Waals surface area contributed by atoms with Crippen LogP contribution in [0.25, 0.3) is 0 Å². The van der Waals surface area contributed by atoms with Crippen LogP contribution in [0.4, 0.5) is 0 Å². The molecule has 0 aliphatic carbocycles. The molecular weight excluding hydrogens is 142 g/mol. The molecule has 1 heterocycles. The third kappa shape index (κ3) is 1.49. The lowest BCUT2D eigenvalue weighted by Crippen LogP contribution is -2.15. The van der Waals surface area contributed by atoms with Crippen molar-refractivity contribution in [3.8, 4) is 0 Å². The highest BCUT2D eigenvalue weighted by Crippen LogP contribution is 2.11. The molecule has 1 aliphatic rings. The Bertz CT molecular complexity index is 158. The van der Waals surface area contributed by atoms with Gasteiger partial charge in [-0.05, 0) is 0 Å². The Morgan fingerprint density at radius 3 is 2.78 bits per heavy atom. The summed E-state index contributed by atoms with van der Waals surface area (Å²) in [6, 6.07) is 0. The molecule has 1 aliphatic heterocycles. The highest BCUT2D eigenvalue weighted by Gasteiger charge is 2.25. The Hall–Kier alpha value is -0.420. The van der Waals surface area contributed by atoms with Crippen LogP contribution >= 0.6 is 0 Å². The van der Waals surface area contributed by atoms with E-state index in [1.807, 2.05) is 0 Å². The molecule has 9 heavy (non-hydrogen) atoms. The van der Waals surface area contributed by atoms with Gasteiger partial charge in [-0.2, -0.15) is 0 Å². The van der Waals surface area contributed by atoms with Gasteiger partial charge in [-0.3, -0.25) is 9.57 Å². The summed E-state index contributed by atoms with van der Waals surface area (Å²) in [5.74, 6) is -0.932. The summed E-state index contributed by atoms with van der Waals surface area (Å²) in [5, 5.41) is 8.37. The van der Waals surface area contributed by atoms with E-state index in [0.717, 1.165) is 0 Å². The average Bonchev–Trinajstić information content (AvgIpc) is 2.14. The molecule has 52 valence electrons. The van der Waals surface area contributed by atoms with Gasteiger partial charge in [0.05, 0.1) is 12.5 Å². The number of aliphatic carboxylic acids is 1. The fourth-order valence-corrected chi connectivity index (χ4v) is 1.61. The molecule has 1 saturated heterocycles. The normalized spacial score (nSPS) is 34.7. The monoisotopic (exact) mass is 149 g/mol. The zero-order chi connectivity index (χ0) is 6.85. The fourth-order valence-electron chi connectivity index (χ4n) is 0.586. The van der Waals surface area contributed by atoms with Gasteiger partial charge in [0.1, 0.15) is 0 Å². The van der Waals surface area contributed by atoms with Gasteiger partial charge in [0.15, 0.2) is 0 Å². The van der Waals surface area contributed by atoms with E-state index in [1.165, 1.54) is 0 Å². The minimum Gasteiger partial charge on any atom is -0.481 e. The summed E-state index contributed by atoms with van der Waals surface area (Å²) < 4.78 is 11.7. The Morgan fingerprint density at radius 2 is 2.56 bits per heavy atom. The number of nitrogens with one attached hydrogen (secondary N) is 1. The summed E-state index contributed by atoms with van der Waals surface area (Å²) in [7, 11) is -0.854. The van der Waals surface area contributed by atoms with Crippen LogP contribution in [0.15, 0.2) is 0 Å². The van der Waals surface area contributed by atoms with Crippen molar-refractivity contribution in [3.05, 3.63) is 0 Å². The predicted molar refractivity (Wildman–Crippen MR) is 32.0 cm³/mol. The van der Waals surface area contributed by atoms with E-state index in [9.17, 15) is 4.79 Å². The van der Waals surface area contributed by atoms with E-state index in [0.29, 0.717) is 5.75 Å². The van der Waals surface area contributed by atoms with Gasteiger partial charge in [-0.1, -0.05) is 0 Å². The van der Waals surface area contributed by atoms with Crippen molar-refractivity contribution >= 4 is 16.9 Å². The van der Waals surface area contributed by atoms with Crippen LogP contribution in [0.5, 0.6) is 0 Å². The van der Waals surface area contributed by atoms with Gasteiger partial charge in [0, 0.05) is 16.7 Å². The molecule has 0 bridgehead atoms. The lowest BCUT2D eigenvalue weighted by atomic mass is 10.2. The molecule has 0 amide bonds. The topological polar surface area (TPSA) is 70.4 Å². The number of carboxylic acid groups (broad SMARTS) is 1. The first-order valence-corrected chi connectivity index (χ1v) is 3.80. The first-order chi connectivity index (χ1) is 4.20. The number of carbonyl (C=O) groups is 1. The standard InChI is InChI=1S/C4H7NO3S/c5-9-2-3(1-8-9)4(6)7/h3,5H,1-2H2,(H,6,7). The van der Waals surface area contributed by atoms with Crippen LogP contribution < -0.4 is 0 Å². The number of carboxylic acids is 1. The van der Waals surface area contributed by atoms with E-state index >= 15 is 0 Å². The molecule has 2 N–H and O–H groups in total. The lowest BCUT2D eigenvalue weighted by molar-refractivity contribution is -0.141. The second-order valence-electron chi connectivity index (χ2n) is 1.83. The summed E-state index contributed by atoms with van der Waals surface area (Å²) in [6.45, 7) is 0.210. The number of hydrogen-bond donors (Lipinski definition) is 2. The zero-order valence-corrected chi connectivity index (χ0v) is 5.48. The van der Waals surface area contributed by atoms with Gasteiger partial charge >= 0.3 is 5.97 Å². The number of rotatable bonds is 1. The molecule has 0 aromatic heterocycles. The van der Waals surface area contributed by atoms with E-state index in [2.05, 4.69) is 0 Å². The quantitative estimate of drug-likeness (QED) is 0.551. The summed E-state index contributed by atoms with van der Waals surface area (Å²) in [5.41, 5.74) is 0. The molecule has 2 atom stereocenters. The van der Waals surface area contributed by atoms with Crippen molar-refractivity contribution in [1.82, 2.24) is 0 Å². The maximum atomic E-state index is 10.2. The molecule has 0 aromatic rings. The van der Waals surface area contributed by atoms with Crippen LogP contribution in [-0.2, 0) is 19.9 Å². The van der Waals surface area contributed by atoms with E-state index < -0.39 is 22.9 Å². The molecule has 1 rings (SSSR count). The minimum absolute atomic E-state index is 0.210. The smallest absolute Gasteiger partial charge is 0.309 e. The summed E-state index contributed by atoms with van der Waals surface area (Å²) in [4.78, 5) is 10.2. The average molecular weight is 149 g/mol. The van der Waals surface area contributed by atoms with Crippen LogP contribution in [0, 0.1) is 10.7 Å². The molecule has 2 unspecified atom stereocenters.